The van der Waals surface area contributed by atoms with Gasteiger partial charge in [-0.3, -0.25) is 4.90 Å². The second-order valence-corrected chi connectivity index (χ2v) is 6.25. The van der Waals surface area contributed by atoms with Gasteiger partial charge < -0.3 is 14.6 Å². The summed E-state index contributed by atoms with van der Waals surface area (Å²) >= 11 is 0. The van der Waals surface area contributed by atoms with E-state index in [2.05, 4.69) is 32.5 Å². The number of ether oxygens (including phenoxy) is 1. The minimum atomic E-state index is 0.246. The van der Waals surface area contributed by atoms with Gasteiger partial charge in [-0.05, 0) is 18.9 Å². The largest absolute Gasteiger partial charge is 0.496 e. The van der Waals surface area contributed by atoms with Gasteiger partial charge in [0.1, 0.15) is 5.75 Å². The molecule has 4 rings (SSSR count). The van der Waals surface area contributed by atoms with E-state index >= 15 is 0 Å². The van der Waals surface area contributed by atoms with E-state index in [1.807, 2.05) is 12.1 Å². The molecule has 1 atom stereocenters. The lowest BCUT2D eigenvalue weighted by atomic mass is 10.0. The number of benzene rings is 1. The molecular weight excluding hydrogens is 292 g/mol. The predicted molar refractivity (Wildman–Crippen MR) is 85.3 cm³/mol. The number of rotatable bonds is 5. The maximum absolute atomic E-state index is 5.54. The van der Waals surface area contributed by atoms with Crippen LogP contribution in [0.2, 0.25) is 0 Å². The highest BCUT2D eigenvalue weighted by Crippen LogP contribution is 2.38. The van der Waals surface area contributed by atoms with Crippen molar-refractivity contribution >= 4 is 0 Å². The van der Waals surface area contributed by atoms with Crippen LogP contribution >= 0.6 is 0 Å². The van der Waals surface area contributed by atoms with Gasteiger partial charge in [-0.25, -0.2) is 0 Å². The van der Waals surface area contributed by atoms with Crippen LogP contribution < -0.4 is 10.1 Å². The standard InChI is InChI=1S/C17H22N4O2/c1-22-15-5-3-2-4-13(15)14-10-18-8-9-21(14)11-16-19-17(20-23-16)12-6-7-12/h2-5,12,14,18H,6-11H2,1H3. The first-order valence-electron chi connectivity index (χ1n) is 8.25. The summed E-state index contributed by atoms with van der Waals surface area (Å²) in [5, 5.41) is 7.59. The quantitative estimate of drug-likeness (QED) is 0.912. The van der Waals surface area contributed by atoms with Crippen molar-refractivity contribution in [3.8, 4) is 5.75 Å². The number of para-hydroxylation sites is 1. The Hall–Kier alpha value is -1.92. The smallest absolute Gasteiger partial charge is 0.240 e. The van der Waals surface area contributed by atoms with Crippen molar-refractivity contribution in [2.24, 2.45) is 0 Å². The summed E-state index contributed by atoms with van der Waals surface area (Å²) < 4.78 is 11.0. The summed E-state index contributed by atoms with van der Waals surface area (Å²) in [6, 6.07) is 8.45. The molecule has 1 N–H and O–H groups in total. The fourth-order valence-electron chi connectivity index (χ4n) is 3.20. The van der Waals surface area contributed by atoms with Crippen LogP contribution in [0.25, 0.3) is 0 Å². The highest BCUT2D eigenvalue weighted by molar-refractivity contribution is 5.36. The van der Waals surface area contributed by atoms with Gasteiger partial charge in [-0.15, -0.1) is 0 Å². The molecule has 1 aliphatic carbocycles. The predicted octanol–water partition coefficient (Wildman–Crippen LogP) is 2.10. The lowest BCUT2D eigenvalue weighted by Gasteiger charge is -2.36. The SMILES string of the molecule is COc1ccccc1C1CNCCN1Cc1nc(C2CC2)no1. The second-order valence-electron chi connectivity index (χ2n) is 6.25. The topological polar surface area (TPSA) is 63.4 Å². The van der Waals surface area contributed by atoms with E-state index in [9.17, 15) is 0 Å². The van der Waals surface area contributed by atoms with E-state index < -0.39 is 0 Å². The third-order valence-electron chi connectivity index (χ3n) is 4.62. The van der Waals surface area contributed by atoms with Gasteiger partial charge >= 0.3 is 0 Å². The van der Waals surface area contributed by atoms with Crippen LogP contribution in [0.4, 0.5) is 0 Å². The molecule has 1 saturated heterocycles. The number of hydrogen-bond donors (Lipinski definition) is 1. The summed E-state index contributed by atoms with van der Waals surface area (Å²) in [6.45, 7) is 3.49. The molecule has 0 amide bonds. The molecule has 0 spiro atoms. The molecule has 6 heteroatoms. The molecule has 1 unspecified atom stereocenters. The lowest BCUT2D eigenvalue weighted by Crippen LogP contribution is -2.45. The van der Waals surface area contributed by atoms with Crippen molar-refractivity contribution in [1.82, 2.24) is 20.4 Å². The number of hydrogen-bond acceptors (Lipinski definition) is 6. The third kappa shape index (κ3) is 3.09. The number of nitrogens with zero attached hydrogens (tertiary/aromatic N) is 3. The Morgan fingerprint density at radius 1 is 1.35 bits per heavy atom. The molecule has 2 aromatic rings. The van der Waals surface area contributed by atoms with Gasteiger partial charge in [0, 0.05) is 31.1 Å². The zero-order chi connectivity index (χ0) is 15.6. The summed E-state index contributed by atoms with van der Waals surface area (Å²) in [7, 11) is 1.72. The summed E-state index contributed by atoms with van der Waals surface area (Å²) in [5.41, 5.74) is 1.20. The number of methoxy groups -OCH3 is 1. The molecule has 0 radical (unpaired) electrons. The average Bonchev–Trinajstić information content (AvgIpc) is 3.35. The number of aromatic nitrogens is 2. The lowest BCUT2D eigenvalue weighted by molar-refractivity contribution is 0.133. The van der Waals surface area contributed by atoms with Crippen molar-refractivity contribution in [2.75, 3.05) is 26.7 Å². The normalized spacial score (nSPS) is 22.2. The van der Waals surface area contributed by atoms with Crippen LogP contribution in [0.5, 0.6) is 5.75 Å². The molecule has 122 valence electrons. The van der Waals surface area contributed by atoms with Crippen molar-refractivity contribution in [3.05, 3.63) is 41.5 Å². The summed E-state index contributed by atoms with van der Waals surface area (Å²) in [5.74, 6) is 3.05. The molecule has 1 aliphatic heterocycles. The van der Waals surface area contributed by atoms with E-state index in [-0.39, 0.29) is 6.04 Å². The molecule has 1 saturated carbocycles. The molecule has 1 aromatic carbocycles. The first kappa shape index (κ1) is 14.7. The number of piperazine rings is 1. The van der Waals surface area contributed by atoms with Crippen LogP contribution in [-0.2, 0) is 6.54 Å². The van der Waals surface area contributed by atoms with Crippen LogP contribution in [0.3, 0.4) is 0 Å². The zero-order valence-electron chi connectivity index (χ0n) is 13.4. The molecular formula is C17H22N4O2. The van der Waals surface area contributed by atoms with Crippen LogP contribution in [0.15, 0.2) is 28.8 Å². The highest BCUT2D eigenvalue weighted by Gasteiger charge is 2.31. The van der Waals surface area contributed by atoms with Crippen LogP contribution in [-0.4, -0.2) is 41.8 Å². The van der Waals surface area contributed by atoms with Gasteiger partial charge in [-0.1, -0.05) is 23.4 Å². The van der Waals surface area contributed by atoms with E-state index in [0.717, 1.165) is 31.2 Å². The third-order valence-corrected chi connectivity index (χ3v) is 4.62. The van der Waals surface area contributed by atoms with Crippen molar-refractivity contribution in [3.63, 3.8) is 0 Å². The Labute approximate surface area is 135 Å². The van der Waals surface area contributed by atoms with Crippen molar-refractivity contribution in [2.45, 2.75) is 31.3 Å². The Balaban J connectivity index is 1.54. The Kier molecular flexibility index (Phi) is 4.01. The molecule has 0 bridgehead atoms. The van der Waals surface area contributed by atoms with E-state index in [1.165, 1.54) is 18.4 Å². The molecule has 6 nitrogen and oxygen atoms in total. The maximum atomic E-state index is 5.54. The van der Waals surface area contributed by atoms with Crippen LogP contribution in [0.1, 0.15) is 42.1 Å². The van der Waals surface area contributed by atoms with E-state index in [4.69, 9.17) is 9.26 Å². The van der Waals surface area contributed by atoms with Crippen LogP contribution in [0, 0.1) is 0 Å². The zero-order valence-corrected chi connectivity index (χ0v) is 13.4. The molecule has 23 heavy (non-hydrogen) atoms. The van der Waals surface area contributed by atoms with Crippen molar-refractivity contribution in [1.29, 1.82) is 0 Å². The van der Waals surface area contributed by atoms with Gasteiger partial charge in [0.15, 0.2) is 5.82 Å². The minimum absolute atomic E-state index is 0.246. The maximum Gasteiger partial charge on any atom is 0.240 e. The second kappa shape index (κ2) is 6.29. The average molecular weight is 314 g/mol. The minimum Gasteiger partial charge on any atom is -0.496 e. The Morgan fingerprint density at radius 3 is 3.04 bits per heavy atom. The molecule has 1 aromatic heterocycles. The van der Waals surface area contributed by atoms with Crippen molar-refractivity contribution < 1.29 is 9.26 Å². The molecule has 2 aliphatic rings. The van der Waals surface area contributed by atoms with Gasteiger partial charge in [0.2, 0.25) is 5.89 Å². The van der Waals surface area contributed by atoms with E-state index in [0.29, 0.717) is 18.4 Å². The fourth-order valence-corrected chi connectivity index (χ4v) is 3.20. The molecule has 2 heterocycles. The number of nitrogens with one attached hydrogen (secondary N) is 1. The summed E-state index contributed by atoms with van der Waals surface area (Å²) in [4.78, 5) is 6.95. The monoisotopic (exact) mass is 314 g/mol. The Bertz CT molecular complexity index is 668. The fraction of sp³-hybridized carbons (Fsp3) is 0.529. The Morgan fingerprint density at radius 2 is 2.22 bits per heavy atom. The van der Waals surface area contributed by atoms with Gasteiger partial charge in [0.05, 0.1) is 19.7 Å². The highest BCUT2D eigenvalue weighted by atomic mass is 16.5. The first-order chi connectivity index (χ1) is 11.3. The van der Waals surface area contributed by atoms with Gasteiger partial charge in [-0.2, -0.15) is 4.98 Å². The molecule has 2 fully saturated rings. The van der Waals surface area contributed by atoms with E-state index in [1.54, 1.807) is 7.11 Å². The summed E-state index contributed by atoms with van der Waals surface area (Å²) in [6.07, 6.45) is 2.38. The first-order valence-corrected chi connectivity index (χ1v) is 8.25. The van der Waals surface area contributed by atoms with Gasteiger partial charge in [0.25, 0.3) is 0 Å².